The normalized spacial score (nSPS) is 19.3. The van der Waals surface area contributed by atoms with Gasteiger partial charge in [0.15, 0.2) is 0 Å². The summed E-state index contributed by atoms with van der Waals surface area (Å²) in [5.74, 6) is 0.740. The second kappa shape index (κ2) is 8.91. The smallest absolute Gasteiger partial charge is 0.234 e. The molecule has 1 atom stereocenters. The van der Waals surface area contributed by atoms with Gasteiger partial charge in [-0.25, -0.2) is 0 Å². The first kappa shape index (κ1) is 17.0. The minimum atomic E-state index is 0.132. The number of rotatable bonds is 7. The van der Waals surface area contributed by atoms with E-state index in [9.17, 15) is 4.79 Å². The maximum Gasteiger partial charge on any atom is 0.234 e. The van der Waals surface area contributed by atoms with E-state index in [0.717, 1.165) is 26.2 Å². The van der Waals surface area contributed by atoms with E-state index < -0.39 is 0 Å². The summed E-state index contributed by atoms with van der Waals surface area (Å²) in [6.07, 6.45) is 2.49. The van der Waals surface area contributed by atoms with Crippen LogP contribution in [0.2, 0.25) is 0 Å². The molecule has 122 valence electrons. The van der Waals surface area contributed by atoms with Crippen LogP contribution in [0.5, 0.6) is 0 Å². The monoisotopic (exact) mass is 303 g/mol. The van der Waals surface area contributed by atoms with E-state index in [1.54, 1.807) is 0 Å². The van der Waals surface area contributed by atoms with Gasteiger partial charge in [-0.1, -0.05) is 37.3 Å². The van der Waals surface area contributed by atoms with Crippen LogP contribution < -0.4 is 5.32 Å². The number of likely N-dealkylation sites (tertiary alicyclic amines) is 1. The molecule has 1 fully saturated rings. The molecule has 1 aliphatic rings. The van der Waals surface area contributed by atoms with Gasteiger partial charge in [-0.05, 0) is 44.5 Å². The van der Waals surface area contributed by atoms with Crippen LogP contribution >= 0.6 is 0 Å². The van der Waals surface area contributed by atoms with Crippen molar-refractivity contribution in [1.82, 2.24) is 15.1 Å². The lowest BCUT2D eigenvalue weighted by Gasteiger charge is -2.32. The van der Waals surface area contributed by atoms with Gasteiger partial charge in [0.2, 0.25) is 5.91 Å². The van der Waals surface area contributed by atoms with Gasteiger partial charge in [0.1, 0.15) is 0 Å². The van der Waals surface area contributed by atoms with Crippen molar-refractivity contribution in [2.45, 2.75) is 26.3 Å². The number of nitrogens with one attached hydrogen (secondary N) is 1. The Hall–Kier alpha value is -1.39. The summed E-state index contributed by atoms with van der Waals surface area (Å²) in [4.78, 5) is 16.6. The molecule has 0 radical (unpaired) electrons. The topological polar surface area (TPSA) is 35.6 Å². The van der Waals surface area contributed by atoms with Gasteiger partial charge in [-0.2, -0.15) is 0 Å². The fourth-order valence-electron chi connectivity index (χ4n) is 3.12. The summed E-state index contributed by atoms with van der Waals surface area (Å²) in [5.41, 5.74) is 1.24. The quantitative estimate of drug-likeness (QED) is 0.836. The third kappa shape index (κ3) is 5.78. The minimum absolute atomic E-state index is 0.132. The van der Waals surface area contributed by atoms with Crippen LogP contribution in [-0.2, 0) is 11.3 Å². The Morgan fingerprint density at radius 1 is 1.36 bits per heavy atom. The molecule has 0 unspecified atom stereocenters. The molecule has 22 heavy (non-hydrogen) atoms. The molecule has 1 heterocycles. The Kier molecular flexibility index (Phi) is 6.87. The van der Waals surface area contributed by atoms with Gasteiger partial charge in [-0.3, -0.25) is 9.69 Å². The highest BCUT2D eigenvalue weighted by Crippen LogP contribution is 2.15. The second-order valence-corrected chi connectivity index (χ2v) is 6.36. The molecule has 0 spiro atoms. The average Bonchev–Trinajstić information content (AvgIpc) is 2.54. The van der Waals surface area contributed by atoms with Crippen LogP contribution in [0.25, 0.3) is 0 Å². The Labute approximate surface area is 134 Å². The Bertz CT molecular complexity index is 449. The number of benzene rings is 1. The van der Waals surface area contributed by atoms with Crippen molar-refractivity contribution in [3.8, 4) is 0 Å². The third-order valence-corrected chi connectivity index (χ3v) is 4.35. The number of hydrogen-bond acceptors (Lipinski definition) is 3. The standard InChI is InChI=1S/C18H29N3O/c1-3-21-11-7-10-17(14-21)12-19-18(22)15-20(2)13-16-8-5-4-6-9-16/h4-6,8-9,17H,3,7,10-15H2,1-2H3,(H,19,22)/t17-/m1/s1. The summed E-state index contributed by atoms with van der Waals surface area (Å²) in [6.45, 7) is 7.73. The molecule has 1 aromatic carbocycles. The summed E-state index contributed by atoms with van der Waals surface area (Å²) in [7, 11) is 1.99. The Morgan fingerprint density at radius 3 is 2.86 bits per heavy atom. The highest BCUT2D eigenvalue weighted by molar-refractivity contribution is 5.77. The van der Waals surface area contributed by atoms with Crippen molar-refractivity contribution in [3.63, 3.8) is 0 Å². The van der Waals surface area contributed by atoms with Crippen LogP contribution in [0.4, 0.5) is 0 Å². The van der Waals surface area contributed by atoms with E-state index in [2.05, 4.69) is 34.2 Å². The summed E-state index contributed by atoms with van der Waals surface area (Å²) >= 11 is 0. The highest BCUT2D eigenvalue weighted by atomic mass is 16.2. The van der Waals surface area contributed by atoms with E-state index >= 15 is 0 Å². The van der Waals surface area contributed by atoms with E-state index in [0.29, 0.717) is 12.5 Å². The SMILES string of the molecule is CCN1CCC[C@H](CNC(=O)CN(C)Cc2ccccc2)C1. The number of hydrogen-bond donors (Lipinski definition) is 1. The van der Waals surface area contributed by atoms with Crippen LogP contribution in [0.1, 0.15) is 25.3 Å². The summed E-state index contributed by atoms with van der Waals surface area (Å²) in [5, 5.41) is 3.11. The second-order valence-electron chi connectivity index (χ2n) is 6.36. The molecule has 0 aliphatic carbocycles. The molecular weight excluding hydrogens is 274 g/mol. The van der Waals surface area contributed by atoms with E-state index in [1.165, 1.54) is 24.9 Å². The predicted molar refractivity (Wildman–Crippen MR) is 90.6 cm³/mol. The van der Waals surface area contributed by atoms with Gasteiger partial charge in [-0.15, -0.1) is 0 Å². The molecule has 2 rings (SSSR count). The molecule has 4 heteroatoms. The number of amides is 1. The van der Waals surface area contributed by atoms with E-state index in [1.807, 2.05) is 25.2 Å². The van der Waals surface area contributed by atoms with E-state index in [4.69, 9.17) is 0 Å². The maximum absolute atomic E-state index is 12.1. The molecule has 4 nitrogen and oxygen atoms in total. The molecule has 0 aromatic heterocycles. The zero-order chi connectivity index (χ0) is 15.8. The Balaban J connectivity index is 1.67. The van der Waals surface area contributed by atoms with Gasteiger partial charge in [0.05, 0.1) is 6.54 Å². The zero-order valence-electron chi connectivity index (χ0n) is 13.9. The largest absolute Gasteiger partial charge is 0.355 e. The fourth-order valence-corrected chi connectivity index (χ4v) is 3.12. The average molecular weight is 303 g/mol. The summed E-state index contributed by atoms with van der Waals surface area (Å²) in [6, 6.07) is 10.3. The predicted octanol–water partition coefficient (Wildman–Crippen LogP) is 1.97. The lowest BCUT2D eigenvalue weighted by atomic mass is 9.98. The van der Waals surface area contributed by atoms with Gasteiger partial charge in [0, 0.05) is 19.6 Å². The van der Waals surface area contributed by atoms with Crippen molar-refractivity contribution in [2.75, 3.05) is 39.8 Å². The molecule has 0 bridgehead atoms. The number of nitrogens with zero attached hydrogens (tertiary/aromatic N) is 2. The van der Waals surface area contributed by atoms with Crippen molar-refractivity contribution in [3.05, 3.63) is 35.9 Å². The molecule has 1 saturated heterocycles. The lowest BCUT2D eigenvalue weighted by Crippen LogP contribution is -2.42. The first-order valence-electron chi connectivity index (χ1n) is 8.39. The molecular formula is C18H29N3O. The molecule has 1 aliphatic heterocycles. The molecule has 1 aromatic rings. The molecule has 0 saturated carbocycles. The van der Waals surface area contributed by atoms with Gasteiger partial charge < -0.3 is 10.2 Å². The maximum atomic E-state index is 12.1. The van der Waals surface area contributed by atoms with Gasteiger partial charge in [0.25, 0.3) is 0 Å². The highest BCUT2D eigenvalue weighted by Gasteiger charge is 2.19. The van der Waals surface area contributed by atoms with Crippen LogP contribution in [0, 0.1) is 5.92 Å². The number of likely N-dealkylation sites (N-methyl/N-ethyl adjacent to an activating group) is 1. The lowest BCUT2D eigenvalue weighted by molar-refractivity contribution is -0.122. The minimum Gasteiger partial charge on any atom is -0.355 e. The van der Waals surface area contributed by atoms with Crippen molar-refractivity contribution in [2.24, 2.45) is 5.92 Å². The number of carbonyl (C=O) groups is 1. The Morgan fingerprint density at radius 2 is 2.14 bits per heavy atom. The van der Waals surface area contributed by atoms with Crippen LogP contribution in [-0.4, -0.2) is 55.5 Å². The fraction of sp³-hybridized carbons (Fsp3) is 0.611. The molecule has 1 N–H and O–H groups in total. The number of piperidine rings is 1. The zero-order valence-corrected chi connectivity index (χ0v) is 13.9. The van der Waals surface area contributed by atoms with Gasteiger partial charge >= 0.3 is 0 Å². The van der Waals surface area contributed by atoms with Crippen LogP contribution in [0.15, 0.2) is 30.3 Å². The van der Waals surface area contributed by atoms with Crippen molar-refractivity contribution >= 4 is 5.91 Å². The first-order chi connectivity index (χ1) is 10.7. The first-order valence-corrected chi connectivity index (χ1v) is 8.39. The van der Waals surface area contributed by atoms with Crippen LogP contribution in [0.3, 0.4) is 0 Å². The van der Waals surface area contributed by atoms with E-state index in [-0.39, 0.29) is 5.91 Å². The van der Waals surface area contributed by atoms with Crippen molar-refractivity contribution < 1.29 is 4.79 Å². The molecule has 1 amide bonds. The number of carbonyl (C=O) groups excluding carboxylic acids is 1. The third-order valence-electron chi connectivity index (χ3n) is 4.35. The summed E-state index contributed by atoms with van der Waals surface area (Å²) < 4.78 is 0. The van der Waals surface area contributed by atoms with Crippen molar-refractivity contribution in [1.29, 1.82) is 0 Å².